The van der Waals surface area contributed by atoms with Crippen molar-refractivity contribution in [1.82, 2.24) is 15.1 Å². The maximum atomic E-state index is 13.1. The van der Waals surface area contributed by atoms with Gasteiger partial charge in [0, 0.05) is 31.9 Å². The molecule has 0 spiro atoms. The zero-order valence-electron chi connectivity index (χ0n) is 13.5. The van der Waals surface area contributed by atoms with Crippen LogP contribution in [-0.2, 0) is 4.74 Å². The highest BCUT2D eigenvalue weighted by Crippen LogP contribution is 2.26. The van der Waals surface area contributed by atoms with Crippen molar-refractivity contribution in [2.24, 2.45) is 0 Å². The van der Waals surface area contributed by atoms with Gasteiger partial charge < -0.3 is 9.64 Å². The summed E-state index contributed by atoms with van der Waals surface area (Å²) in [6.45, 7) is 1.50. The summed E-state index contributed by atoms with van der Waals surface area (Å²) in [4.78, 5) is 15.1. The summed E-state index contributed by atoms with van der Waals surface area (Å²) in [6.07, 6.45) is 5.82. The number of H-pyrrole nitrogens is 1. The Morgan fingerprint density at radius 2 is 2.17 bits per heavy atom. The number of nitrogens with one attached hydrogen (secondary N) is 1. The maximum Gasteiger partial charge on any atom is 0.257 e. The molecule has 5 heteroatoms. The second-order valence-corrected chi connectivity index (χ2v) is 5.95. The molecule has 0 unspecified atom stereocenters. The topological polar surface area (TPSA) is 58.2 Å². The largest absolute Gasteiger partial charge is 0.385 e. The predicted octanol–water partition coefficient (Wildman–Crippen LogP) is 3.11. The molecule has 1 aliphatic rings. The lowest BCUT2D eigenvalue weighted by atomic mass is 9.98. The van der Waals surface area contributed by atoms with E-state index >= 15 is 0 Å². The van der Waals surface area contributed by atoms with Gasteiger partial charge in [-0.2, -0.15) is 5.10 Å². The Bertz CT molecular complexity index is 639. The van der Waals surface area contributed by atoms with Crippen LogP contribution in [0.3, 0.4) is 0 Å². The van der Waals surface area contributed by atoms with Crippen LogP contribution in [0.4, 0.5) is 0 Å². The molecule has 1 saturated heterocycles. The van der Waals surface area contributed by atoms with Gasteiger partial charge in [0.05, 0.1) is 17.5 Å². The third kappa shape index (κ3) is 3.45. The van der Waals surface area contributed by atoms with Crippen molar-refractivity contribution in [3.05, 3.63) is 42.1 Å². The van der Waals surface area contributed by atoms with Crippen LogP contribution in [0.15, 0.2) is 36.5 Å². The molecule has 0 bridgehead atoms. The Morgan fingerprint density at radius 3 is 2.96 bits per heavy atom. The van der Waals surface area contributed by atoms with Gasteiger partial charge >= 0.3 is 0 Å². The molecule has 1 N–H and O–H groups in total. The number of benzene rings is 1. The quantitative estimate of drug-likeness (QED) is 0.922. The molecule has 1 amide bonds. The highest BCUT2D eigenvalue weighted by Gasteiger charge is 2.29. The van der Waals surface area contributed by atoms with E-state index in [0.29, 0.717) is 12.2 Å². The minimum Gasteiger partial charge on any atom is -0.385 e. The first-order chi connectivity index (χ1) is 11.3. The van der Waals surface area contributed by atoms with Gasteiger partial charge in [-0.25, -0.2) is 0 Å². The lowest BCUT2D eigenvalue weighted by Gasteiger charge is -2.35. The second-order valence-electron chi connectivity index (χ2n) is 5.95. The minimum absolute atomic E-state index is 0.0680. The highest BCUT2D eigenvalue weighted by molar-refractivity contribution is 6.00. The number of ether oxygens (including phenoxy) is 1. The monoisotopic (exact) mass is 313 g/mol. The van der Waals surface area contributed by atoms with Crippen LogP contribution < -0.4 is 0 Å². The first kappa shape index (κ1) is 15.7. The number of rotatable bonds is 5. The number of nitrogens with zero attached hydrogens (tertiary/aromatic N) is 2. The van der Waals surface area contributed by atoms with E-state index in [-0.39, 0.29) is 11.9 Å². The Balaban J connectivity index is 1.84. The normalized spacial score (nSPS) is 18.1. The van der Waals surface area contributed by atoms with E-state index in [4.69, 9.17) is 4.74 Å². The van der Waals surface area contributed by atoms with Gasteiger partial charge in [-0.1, -0.05) is 30.3 Å². The summed E-state index contributed by atoms with van der Waals surface area (Å²) in [5, 5.41) is 7.08. The summed E-state index contributed by atoms with van der Waals surface area (Å²) in [7, 11) is 1.71. The standard InChI is InChI=1S/C18H23N3O2/c1-23-12-10-15-9-5-6-11-21(15)18(22)16-13-19-20-17(16)14-7-3-2-4-8-14/h2-4,7-8,13,15H,5-6,9-12H2,1H3,(H,19,20)/t15-/m0/s1. The van der Waals surface area contributed by atoms with Crippen LogP contribution in [0.5, 0.6) is 0 Å². The van der Waals surface area contributed by atoms with Crippen molar-refractivity contribution in [2.75, 3.05) is 20.3 Å². The van der Waals surface area contributed by atoms with E-state index in [0.717, 1.165) is 37.1 Å². The molecule has 23 heavy (non-hydrogen) atoms. The van der Waals surface area contributed by atoms with E-state index < -0.39 is 0 Å². The average molecular weight is 313 g/mol. The van der Waals surface area contributed by atoms with E-state index in [1.54, 1.807) is 13.3 Å². The fourth-order valence-corrected chi connectivity index (χ4v) is 3.25. The minimum atomic E-state index is 0.0680. The number of methoxy groups -OCH3 is 1. The molecular weight excluding hydrogens is 290 g/mol. The fraction of sp³-hybridized carbons (Fsp3) is 0.444. The van der Waals surface area contributed by atoms with Crippen LogP contribution in [0, 0.1) is 0 Å². The first-order valence-corrected chi connectivity index (χ1v) is 8.20. The lowest BCUT2D eigenvalue weighted by molar-refractivity contribution is 0.0554. The van der Waals surface area contributed by atoms with Gasteiger partial charge in [0.25, 0.3) is 5.91 Å². The molecule has 122 valence electrons. The SMILES string of the molecule is COCC[C@@H]1CCCCN1C(=O)c1cn[nH]c1-c1ccccc1. The van der Waals surface area contributed by atoms with Crippen LogP contribution in [0.1, 0.15) is 36.0 Å². The Labute approximate surface area is 136 Å². The van der Waals surface area contributed by atoms with Gasteiger partial charge in [-0.3, -0.25) is 9.89 Å². The molecular formula is C18H23N3O2. The van der Waals surface area contributed by atoms with E-state index in [9.17, 15) is 4.79 Å². The number of carbonyl (C=O) groups is 1. The smallest absolute Gasteiger partial charge is 0.257 e. The summed E-state index contributed by atoms with van der Waals surface area (Å²) < 4.78 is 5.20. The van der Waals surface area contributed by atoms with Crippen molar-refractivity contribution < 1.29 is 9.53 Å². The number of hydrogen-bond donors (Lipinski definition) is 1. The Morgan fingerprint density at radius 1 is 1.35 bits per heavy atom. The average Bonchev–Trinajstić information content (AvgIpc) is 3.10. The van der Waals surface area contributed by atoms with E-state index in [1.807, 2.05) is 35.2 Å². The highest BCUT2D eigenvalue weighted by atomic mass is 16.5. The van der Waals surface area contributed by atoms with E-state index in [1.165, 1.54) is 6.42 Å². The lowest BCUT2D eigenvalue weighted by Crippen LogP contribution is -2.44. The molecule has 2 aromatic rings. The van der Waals surface area contributed by atoms with Gasteiger partial charge in [0.2, 0.25) is 0 Å². The van der Waals surface area contributed by atoms with Crippen LogP contribution in [0.25, 0.3) is 11.3 Å². The van der Waals surface area contributed by atoms with Gasteiger partial charge in [-0.15, -0.1) is 0 Å². The van der Waals surface area contributed by atoms with Crippen molar-refractivity contribution in [3.8, 4) is 11.3 Å². The number of aromatic amines is 1. The van der Waals surface area contributed by atoms with Crippen molar-refractivity contribution in [3.63, 3.8) is 0 Å². The predicted molar refractivity (Wildman–Crippen MR) is 89.2 cm³/mol. The summed E-state index contributed by atoms with van der Waals surface area (Å²) in [5.41, 5.74) is 2.44. The molecule has 1 aromatic heterocycles. The zero-order valence-corrected chi connectivity index (χ0v) is 13.5. The number of hydrogen-bond acceptors (Lipinski definition) is 3. The molecule has 3 rings (SSSR count). The Hall–Kier alpha value is -2.14. The van der Waals surface area contributed by atoms with Gasteiger partial charge in [0.1, 0.15) is 0 Å². The van der Waals surface area contributed by atoms with Gasteiger partial charge in [0.15, 0.2) is 0 Å². The van der Waals surface area contributed by atoms with Crippen molar-refractivity contribution >= 4 is 5.91 Å². The Kier molecular flexibility index (Phi) is 5.08. The molecule has 1 atom stereocenters. The van der Waals surface area contributed by atoms with Crippen molar-refractivity contribution in [2.45, 2.75) is 31.7 Å². The third-order valence-corrected chi connectivity index (χ3v) is 4.48. The van der Waals surface area contributed by atoms with E-state index in [2.05, 4.69) is 10.2 Å². The number of aromatic nitrogens is 2. The molecule has 0 saturated carbocycles. The molecule has 2 heterocycles. The fourth-order valence-electron chi connectivity index (χ4n) is 3.25. The van der Waals surface area contributed by atoms with Crippen LogP contribution >= 0.6 is 0 Å². The first-order valence-electron chi connectivity index (χ1n) is 8.20. The van der Waals surface area contributed by atoms with Crippen LogP contribution in [0.2, 0.25) is 0 Å². The second kappa shape index (κ2) is 7.42. The summed E-state index contributed by atoms with van der Waals surface area (Å²) >= 11 is 0. The molecule has 0 aliphatic carbocycles. The zero-order chi connectivity index (χ0) is 16.1. The molecule has 1 aliphatic heterocycles. The number of amides is 1. The molecule has 0 radical (unpaired) electrons. The maximum absolute atomic E-state index is 13.1. The summed E-state index contributed by atoms with van der Waals surface area (Å²) in [5.74, 6) is 0.0680. The summed E-state index contributed by atoms with van der Waals surface area (Å²) in [6, 6.07) is 10.1. The molecule has 1 fully saturated rings. The number of piperidine rings is 1. The number of likely N-dealkylation sites (tertiary alicyclic amines) is 1. The van der Waals surface area contributed by atoms with Crippen LogP contribution in [-0.4, -0.2) is 47.3 Å². The third-order valence-electron chi connectivity index (χ3n) is 4.48. The molecule has 5 nitrogen and oxygen atoms in total. The number of carbonyl (C=O) groups excluding carboxylic acids is 1. The molecule has 1 aromatic carbocycles. The van der Waals surface area contributed by atoms with Crippen molar-refractivity contribution in [1.29, 1.82) is 0 Å². The van der Waals surface area contributed by atoms with Gasteiger partial charge in [-0.05, 0) is 25.7 Å².